The van der Waals surface area contributed by atoms with Gasteiger partial charge in [-0.1, -0.05) is 13.8 Å². The Balaban J connectivity index is 2.94. The molecule has 2 N–H and O–H groups in total. The molecule has 4 heteroatoms. The van der Waals surface area contributed by atoms with Gasteiger partial charge in [0.05, 0.1) is 12.7 Å². The summed E-state index contributed by atoms with van der Waals surface area (Å²) in [5.41, 5.74) is 0.863. The minimum atomic E-state index is -0.954. The van der Waals surface area contributed by atoms with Gasteiger partial charge in [-0.05, 0) is 24.1 Å². The number of anilines is 1. The van der Waals surface area contributed by atoms with Crippen molar-refractivity contribution in [2.75, 3.05) is 19.0 Å². The van der Waals surface area contributed by atoms with Crippen molar-refractivity contribution in [2.45, 2.75) is 13.8 Å². The molecule has 0 radical (unpaired) electrons. The Hall–Kier alpha value is -1.71. The van der Waals surface area contributed by atoms with Crippen molar-refractivity contribution >= 4 is 11.7 Å². The second-order valence-corrected chi connectivity index (χ2v) is 3.99. The van der Waals surface area contributed by atoms with Crippen molar-refractivity contribution in [3.05, 3.63) is 23.8 Å². The summed E-state index contributed by atoms with van der Waals surface area (Å²) in [6, 6.07) is 4.99. The molecule has 0 spiro atoms. The lowest BCUT2D eigenvalue weighted by atomic mass is 10.1. The van der Waals surface area contributed by atoms with Crippen LogP contribution >= 0.6 is 0 Å². The molecule has 0 unspecified atom stereocenters. The van der Waals surface area contributed by atoms with Crippen molar-refractivity contribution in [3.8, 4) is 5.75 Å². The van der Waals surface area contributed by atoms with Crippen LogP contribution in [0.5, 0.6) is 5.75 Å². The molecule has 0 heterocycles. The highest BCUT2D eigenvalue weighted by Gasteiger charge is 2.11. The number of rotatable bonds is 5. The molecule has 0 aromatic heterocycles. The van der Waals surface area contributed by atoms with Crippen LogP contribution in [0.25, 0.3) is 0 Å². The molecule has 0 aliphatic carbocycles. The quantitative estimate of drug-likeness (QED) is 0.805. The van der Waals surface area contributed by atoms with E-state index in [0.717, 1.165) is 6.54 Å². The number of ether oxygens (including phenoxy) is 1. The van der Waals surface area contributed by atoms with E-state index >= 15 is 0 Å². The molecular weight excluding hydrogens is 206 g/mol. The maximum atomic E-state index is 11.0. The van der Waals surface area contributed by atoms with Gasteiger partial charge in [0.25, 0.3) is 0 Å². The first kappa shape index (κ1) is 12.4. The lowest BCUT2D eigenvalue weighted by molar-refractivity contribution is 0.0697. The summed E-state index contributed by atoms with van der Waals surface area (Å²) in [4.78, 5) is 11.0. The predicted molar refractivity (Wildman–Crippen MR) is 63.3 cm³/mol. The van der Waals surface area contributed by atoms with Gasteiger partial charge >= 0.3 is 5.97 Å². The van der Waals surface area contributed by atoms with Crippen LogP contribution in [0.2, 0.25) is 0 Å². The zero-order chi connectivity index (χ0) is 12.1. The number of aromatic carboxylic acids is 1. The summed E-state index contributed by atoms with van der Waals surface area (Å²) >= 11 is 0. The van der Waals surface area contributed by atoms with E-state index in [-0.39, 0.29) is 5.56 Å². The number of benzene rings is 1. The summed E-state index contributed by atoms with van der Waals surface area (Å²) in [5, 5.41) is 12.2. The molecule has 88 valence electrons. The molecule has 0 aliphatic rings. The second-order valence-electron chi connectivity index (χ2n) is 3.99. The van der Waals surface area contributed by atoms with Crippen molar-refractivity contribution < 1.29 is 14.6 Å². The fourth-order valence-electron chi connectivity index (χ4n) is 1.30. The average molecular weight is 223 g/mol. The molecule has 0 bridgehead atoms. The number of methoxy groups -OCH3 is 1. The van der Waals surface area contributed by atoms with E-state index in [1.54, 1.807) is 12.1 Å². The monoisotopic (exact) mass is 223 g/mol. The second kappa shape index (κ2) is 5.39. The van der Waals surface area contributed by atoms with Crippen molar-refractivity contribution in [1.29, 1.82) is 0 Å². The van der Waals surface area contributed by atoms with E-state index in [1.165, 1.54) is 13.2 Å². The minimum Gasteiger partial charge on any atom is -0.497 e. The smallest absolute Gasteiger partial charge is 0.337 e. The molecule has 1 rings (SSSR count). The molecule has 1 aromatic carbocycles. The first-order valence-electron chi connectivity index (χ1n) is 5.19. The largest absolute Gasteiger partial charge is 0.497 e. The van der Waals surface area contributed by atoms with Crippen LogP contribution in [0.4, 0.5) is 5.69 Å². The predicted octanol–water partition coefficient (Wildman–Crippen LogP) is 2.46. The van der Waals surface area contributed by atoms with Crippen LogP contribution in [0.1, 0.15) is 24.2 Å². The Morgan fingerprint density at radius 2 is 2.19 bits per heavy atom. The van der Waals surface area contributed by atoms with E-state index in [9.17, 15) is 4.79 Å². The third-order valence-corrected chi connectivity index (χ3v) is 2.16. The number of carbonyl (C=O) groups is 1. The van der Waals surface area contributed by atoms with Crippen LogP contribution in [-0.2, 0) is 0 Å². The lowest BCUT2D eigenvalue weighted by Gasteiger charge is -2.12. The molecule has 0 saturated heterocycles. The molecule has 0 saturated carbocycles. The van der Waals surface area contributed by atoms with Gasteiger partial charge in [0.2, 0.25) is 0 Å². The number of hydrogen-bond donors (Lipinski definition) is 2. The third kappa shape index (κ3) is 3.15. The Morgan fingerprint density at radius 1 is 1.50 bits per heavy atom. The van der Waals surface area contributed by atoms with Gasteiger partial charge < -0.3 is 15.2 Å². The van der Waals surface area contributed by atoms with E-state index < -0.39 is 5.97 Å². The van der Waals surface area contributed by atoms with Crippen LogP contribution in [0.3, 0.4) is 0 Å². The molecular formula is C12H17NO3. The van der Waals surface area contributed by atoms with Gasteiger partial charge in [0, 0.05) is 12.2 Å². The molecule has 0 atom stereocenters. The Kier molecular flexibility index (Phi) is 4.17. The third-order valence-electron chi connectivity index (χ3n) is 2.16. The van der Waals surface area contributed by atoms with Gasteiger partial charge in [-0.15, -0.1) is 0 Å². The molecule has 0 fully saturated rings. The summed E-state index contributed by atoms with van der Waals surface area (Å²) in [5.74, 6) is 0.0569. The highest BCUT2D eigenvalue weighted by atomic mass is 16.5. The summed E-state index contributed by atoms with van der Waals surface area (Å²) < 4.78 is 4.99. The van der Waals surface area contributed by atoms with Crippen LogP contribution in [0, 0.1) is 5.92 Å². The summed E-state index contributed by atoms with van der Waals surface area (Å²) in [6.45, 7) is 4.88. The van der Waals surface area contributed by atoms with Crippen LogP contribution < -0.4 is 10.1 Å². The van der Waals surface area contributed by atoms with Gasteiger partial charge in [0.1, 0.15) is 5.75 Å². The van der Waals surface area contributed by atoms with Gasteiger partial charge in [-0.3, -0.25) is 0 Å². The molecule has 0 aliphatic heterocycles. The first-order valence-corrected chi connectivity index (χ1v) is 5.19. The molecule has 1 aromatic rings. The van der Waals surface area contributed by atoms with Crippen LogP contribution in [-0.4, -0.2) is 24.7 Å². The molecule has 4 nitrogen and oxygen atoms in total. The lowest BCUT2D eigenvalue weighted by Crippen LogP contribution is -2.11. The van der Waals surface area contributed by atoms with Crippen molar-refractivity contribution in [1.82, 2.24) is 0 Å². The van der Waals surface area contributed by atoms with Gasteiger partial charge in [-0.25, -0.2) is 4.79 Å². The fourth-order valence-corrected chi connectivity index (χ4v) is 1.30. The molecule has 16 heavy (non-hydrogen) atoms. The minimum absolute atomic E-state index is 0.236. The summed E-state index contributed by atoms with van der Waals surface area (Å²) in [6.07, 6.45) is 0. The topological polar surface area (TPSA) is 58.6 Å². The maximum Gasteiger partial charge on any atom is 0.337 e. The molecule has 0 amide bonds. The normalized spacial score (nSPS) is 10.2. The summed E-state index contributed by atoms with van der Waals surface area (Å²) in [7, 11) is 1.52. The maximum absolute atomic E-state index is 11.0. The SMILES string of the molecule is COc1ccc(NCC(C)C)c(C(=O)O)c1. The Labute approximate surface area is 95.2 Å². The number of carboxylic acid groups (broad SMARTS) is 1. The number of carboxylic acids is 1. The Morgan fingerprint density at radius 3 is 2.69 bits per heavy atom. The fraction of sp³-hybridized carbons (Fsp3) is 0.417. The van der Waals surface area contributed by atoms with E-state index in [4.69, 9.17) is 9.84 Å². The zero-order valence-electron chi connectivity index (χ0n) is 9.78. The standard InChI is InChI=1S/C12H17NO3/c1-8(2)7-13-11-5-4-9(16-3)6-10(11)12(14)15/h4-6,8,13H,7H2,1-3H3,(H,14,15). The number of nitrogens with one attached hydrogen (secondary N) is 1. The highest BCUT2D eigenvalue weighted by Crippen LogP contribution is 2.22. The van der Waals surface area contributed by atoms with Crippen molar-refractivity contribution in [2.24, 2.45) is 5.92 Å². The van der Waals surface area contributed by atoms with Gasteiger partial charge in [0.15, 0.2) is 0 Å². The van der Waals surface area contributed by atoms with Crippen molar-refractivity contribution in [3.63, 3.8) is 0 Å². The van der Waals surface area contributed by atoms with E-state index in [2.05, 4.69) is 19.2 Å². The first-order chi connectivity index (χ1) is 7.54. The zero-order valence-corrected chi connectivity index (χ0v) is 9.78. The van der Waals surface area contributed by atoms with E-state index in [1.807, 2.05) is 0 Å². The van der Waals surface area contributed by atoms with E-state index in [0.29, 0.717) is 17.4 Å². The highest BCUT2D eigenvalue weighted by molar-refractivity contribution is 5.94. The van der Waals surface area contributed by atoms with Crippen LogP contribution in [0.15, 0.2) is 18.2 Å². The van der Waals surface area contributed by atoms with Gasteiger partial charge in [-0.2, -0.15) is 0 Å². The average Bonchev–Trinajstić information content (AvgIpc) is 2.25. The number of hydrogen-bond acceptors (Lipinski definition) is 3. The Bertz CT molecular complexity index is 375.